The highest BCUT2D eigenvalue weighted by Gasteiger charge is 2.22. The molecule has 16 heavy (non-hydrogen) atoms. The van der Waals surface area contributed by atoms with Gasteiger partial charge < -0.3 is 5.32 Å². The normalized spacial score (nSPS) is 18.4. The van der Waals surface area contributed by atoms with E-state index in [-0.39, 0.29) is 18.4 Å². The van der Waals surface area contributed by atoms with Crippen molar-refractivity contribution < 1.29 is 8.42 Å². The highest BCUT2D eigenvalue weighted by molar-refractivity contribution is 7.87. The first-order chi connectivity index (χ1) is 7.06. The van der Waals surface area contributed by atoms with Crippen molar-refractivity contribution in [1.29, 1.82) is 0 Å². The topological polar surface area (TPSA) is 61.4 Å². The standard InChI is InChI=1S/C9H21N3O2S.ClH/c1-3-8-12(2)15(13,14)11-9-4-6-10-7-5-9;/h9-11H,3-8H2,1-2H3;1H. The molecule has 98 valence electrons. The van der Waals surface area contributed by atoms with Gasteiger partial charge in [-0.15, -0.1) is 12.4 Å². The van der Waals surface area contributed by atoms with Crippen LogP contribution in [0.15, 0.2) is 0 Å². The summed E-state index contributed by atoms with van der Waals surface area (Å²) >= 11 is 0. The molecule has 1 aliphatic heterocycles. The van der Waals surface area contributed by atoms with Gasteiger partial charge in [0, 0.05) is 19.6 Å². The third-order valence-corrected chi connectivity index (χ3v) is 4.24. The predicted molar refractivity (Wildman–Crippen MR) is 68.1 cm³/mol. The lowest BCUT2D eigenvalue weighted by Gasteiger charge is -2.26. The minimum atomic E-state index is -3.27. The van der Waals surface area contributed by atoms with Gasteiger partial charge >= 0.3 is 0 Å². The van der Waals surface area contributed by atoms with Crippen molar-refractivity contribution in [3.05, 3.63) is 0 Å². The highest BCUT2D eigenvalue weighted by Crippen LogP contribution is 2.05. The second kappa shape index (κ2) is 7.45. The Balaban J connectivity index is 0.00000225. The molecule has 0 unspecified atom stereocenters. The Morgan fingerprint density at radius 1 is 1.38 bits per heavy atom. The molecule has 1 fully saturated rings. The summed E-state index contributed by atoms with van der Waals surface area (Å²) in [6, 6.07) is 0.0931. The second-order valence-corrected chi connectivity index (χ2v) is 5.78. The van der Waals surface area contributed by atoms with Gasteiger partial charge in [0.15, 0.2) is 0 Å². The summed E-state index contributed by atoms with van der Waals surface area (Å²) in [6.45, 7) is 4.33. The fourth-order valence-electron chi connectivity index (χ4n) is 1.68. The molecule has 7 heteroatoms. The second-order valence-electron chi connectivity index (χ2n) is 3.97. The predicted octanol–water partition coefficient (Wildman–Crippen LogP) is 0.336. The minimum Gasteiger partial charge on any atom is -0.317 e. The highest BCUT2D eigenvalue weighted by atomic mass is 35.5. The van der Waals surface area contributed by atoms with E-state index in [1.165, 1.54) is 4.31 Å². The number of halogens is 1. The van der Waals surface area contributed by atoms with E-state index in [1.807, 2.05) is 6.92 Å². The average molecular weight is 272 g/mol. The zero-order valence-corrected chi connectivity index (χ0v) is 11.5. The van der Waals surface area contributed by atoms with Crippen molar-refractivity contribution >= 4 is 22.6 Å². The number of nitrogens with zero attached hydrogens (tertiary/aromatic N) is 1. The first-order valence-electron chi connectivity index (χ1n) is 5.50. The Bertz CT molecular complexity index is 278. The van der Waals surface area contributed by atoms with Crippen LogP contribution >= 0.6 is 12.4 Å². The maximum Gasteiger partial charge on any atom is 0.279 e. The summed E-state index contributed by atoms with van der Waals surface area (Å²) < 4.78 is 27.7. The Morgan fingerprint density at radius 2 is 1.94 bits per heavy atom. The van der Waals surface area contributed by atoms with Gasteiger partial charge in [0.2, 0.25) is 0 Å². The smallest absolute Gasteiger partial charge is 0.279 e. The molecule has 5 nitrogen and oxygen atoms in total. The maximum atomic E-state index is 11.8. The lowest BCUT2D eigenvalue weighted by molar-refractivity contribution is 0.401. The Kier molecular flexibility index (Phi) is 7.50. The van der Waals surface area contributed by atoms with Crippen LogP contribution in [0.25, 0.3) is 0 Å². The Labute approximate surface area is 105 Å². The van der Waals surface area contributed by atoms with Gasteiger partial charge in [0.1, 0.15) is 0 Å². The fraction of sp³-hybridized carbons (Fsp3) is 1.00. The molecule has 1 saturated heterocycles. The molecule has 1 rings (SSSR count). The lowest BCUT2D eigenvalue weighted by Crippen LogP contribution is -2.47. The third-order valence-electron chi connectivity index (χ3n) is 2.60. The monoisotopic (exact) mass is 271 g/mol. The van der Waals surface area contributed by atoms with Crippen LogP contribution in [-0.4, -0.2) is 45.4 Å². The molecule has 0 aromatic carbocycles. The third kappa shape index (κ3) is 4.97. The number of hydrogen-bond donors (Lipinski definition) is 2. The molecule has 0 aliphatic carbocycles. The van der Waals surface area contributed by atoms with Crippen LogP contribution in [0, 0.1) is 0 Å². The molecular formula is C9H22ClN3O2S. The molecule has 0 spiro atoms. The Morgan fingerprint density at radius 3 is 2.44 bits per heavy atom. The van der Waals surface area contributed by atoms with Crippen LogP contribution in [0.5, 0.6) is 0 Å². The molecule has 2 N–H and O–H groups in total. The summed E-state index contributed by atoms with van der Waals surface area (Å²) in [4.78, 5) is 0. The van der Waals surface area contributed by atoms with Gasteiger partial charge in [0.25, 0.3) is 10.2 Å². The van der Waals surface area contributed by atoms with E-state index in [0.29, 0.717) is 6.54 Å². The largest absolute Gasteiger partial charge is 0.317 e. The summed E-state index contributed by atoms with van der Waals surface area (Å²) in [5, 5.41) is 3.21. The first-order valence-corrected chi connectivity index (χ1v) is 6.94. The van der Waals surface area contributed by atoms with E-state index in [2.05, 4.69) is 10.0 Å². The number of nitrogens with one attached hydrogen (secondary N) is 2. The molecule has 0 bridgehead atoms. The summed E-state index contributed by atoms with van der Waals surface area (Å²) in [7, 11) is -1.65. The summed E-state index contributed by atoms with van der Waals surface area (Å²) in [6.07, 6.45) is 2.59. The van der Waals surface area contributed by atoms with Crippen molar-refractivity contribution in [2.75, 3.05) is 26.7 Å². The summed E-state index contributed by atoms with van der Waals surface area (Å²) in [5.74, 6) is 0. The van der Waals surface area contributed by atoms with Gasteiger partial charge in [-0.05, 0) is 32.4 Å². The average Bonchev–Trinajstić information content (AvgIpc) is 2.19. The van der Waals surface area contributed by atoms with Crippen molar-refractivity contribution in [2.24, 2.45) is 0 Å². The van der Waals surface area contributed by atoms with E-state index < -0.39 is 10.2 Å². The van der Waals surface area contributed by atoms with Gasteiger partial charge in [-0.1, -0.05) is 6.92 Å². The van der Waals surface area contributed by atoms with E-state index in [9.17, 15) is 8.42 Å². The van der Waals surface area contributed by atoms with Crippen LogP contribution in [0.2, 0.25) is 0 Å². The van der Waals surface area contributed by atoms with Gasteiger partial charge in [-0.2, -0.15) is 17.4 Å². The quantitative estimate of drug-likeness (QED) is 0.758. The van der Waals surface area contributed by atoms with Crippen LogP contribution in [-0.2, 0) is 10.2 Å². The molecular weight excluding hydrogens is 250 g/mol. The zero-order chi connectivity index (χ0) is 11.3. The van der Waals surface area contributed by atoms with Crippen LogP contribution in [0.4, 0.5) is 0 Å². The molecule has 1 heterocycles. The fourth-order valence-corrected chi connectivity index (χ4v) is 2.94. The van der Waals surface area contributed by atoms with Crippen molar-refractivity contribution in [3.63, 3.8) is 0 Å². The van der Waals surface area contributed by atoms with Crippen LogP contribution < -0.4 is 10.0 Å². The summed E-state index contributed by atoms with van der Waals surface area (Å²) in [5.41, 5.74) is 0. The van der Waals surface area contributed by atoms with E-state index in [4.69, 9.17) is 0 Å². The van der Waals surface area contributed by atoms with Gasteiger partial charge in [-0.3, -0.25) is 0 Å². The van der Waals surface area contributed by atoms with Crippen LogP contribution in [0.1, 0.15) is 26.2 Å². The van der Waals surface area contributed by atoms with E-state index >= 15 is 0 Å². The molecule has 0 aromatic rings. The van der Waals surface area contributed by atoms with Crippen molar-refractivity contribution in [3.8, 4) is 0 Å². The van der Waals surface area contributed by atoms with Gasteiger partial charge in [0.05, 0.1) is 0 Å². The van der Waals surface area contributed by atoms with Crippen molar-refractivity contribution in [1.82, 2.24) is 14.3 Å². The van der Waals surface area contributed by atoms with Crippen LogP contribution in [0.3, 0.4) is 0 Å². The molecule has 0 amide bonds. The molecule has 1 aliphatic rings. The molecule has 0 aromatic heterocycles. The van der Waals surface area contributed by atoms with Gasteiger partial charge in [-0.25, -0.2) is 0 Å². The molecule has 0 radical (unpaired) electrons. The maximum absolute atomic E-state index is 11.8. The lowest BCUT2D eigenvalue weighted by atomic mass is 10.1. The first kappa shape index (κ1) is 16.1. The number of piperidine rings is 1. The van der Waals surface area contributed by atoms with Crippen molar-refractivity contribution in [2.45, 2.75) is 32.2 Å². The molecule has 0 atom stereocenters. The number of rotatable bonds is 5. The SMILES string of the molecule is CCCN(C)S(=O)(=O)NC1CCNCC1.Cl. The van der Waals surface area contributed by atoms with E-state index in [0.717, 1.165) is 32.4 Å². The minimum absolute atomic E-state index is 0. The zero-order valence-electron chi connectivity index (χ0n) is 9.90. The number of hydrogen-bond acceptors (Lipinski definition) is 3. The Hall–Kier alpha value is 0.120. The molecule has 0 saturated carbocycles. The van der Waals surface area contributed by atoms with E-state index in [1.54, 1.807) is 7.05 Å².